The Morgan fingerprint density at radius 2 is 2.05 bits per heavy atom. The maximum atomic E-state index is 12.1. The number of carbonyl (C=O) groups is 1. The highest BCUT2D eigenvalue weighted by atomic mass is 79.9. The Kier molecular flexibility index (Phi) is 4.66. The van der Waals surface area contributed by atoms with E-state index in [-0.39, 0.29) is 5.91 Å². The van der Waals surface area contributed by atoms with Gasteiger partial charge in [0.05, 0.1) is 5.56 Å². The second kappa shape index (κ2) is 6.26. The van der Waals surface area contributed by atoms with E-state index in [1.165, 1.54) is 5.56 Å². The van der Waals surface area contributed by atoms with Crippen molar-refractivity contribution in [2.45, 2.75) is 18.4 Å². The van der Waals surface area contributed by atoms with E-state index >= 15 is 0 Å². The molecule has 0 aliphatic rings. The Morgan fingerprint density at radius 3 is 2.79 bits per heavy atom. The number of benzene rings is 2. The van der Waals surface area contributed by atoms with E-state index in [0.29, 0.717) is 12.1 Å². The largest absolute Gasteiger partial charge is 0.348 e. The highest BCUT2D eigenvalue weighted by Crippen LogP contribution is 2.20. The van der Waals surface area contributed by atoms with Crippen molar-refractivity contribution in [3.05, 3.63) is 63.6 Å². The normalized spacial score (nSPS) is 10.3. The monoisotopic (exact) mass is 335 g/mol. The van der Waals surface area contributed by atoms with Crippen LogP contribution >= 0.6 is 28.6 Å². The molecule has 98 valence electrons. The lowest BCUT2D eigenvalue weighted by molar-refractivity contribution is 0.0950. The van der Waals surface area contributed by atoms with Crippen molar-refractivity contribution in [3.8, 4) is 0 Å². The summed E-state index contributed by atoms with van der Waals surface area (Å²) in [4.78, 5) is 12.9. The van der Waals surface area contributed by atoms with Crippen LogP contribution in [-0.4, -0.2) is 5.91 Å². The summed E-state index contributed by atoms with van der Waals surface area (Å²) in [5, 5.41) is 2.91. The van der Waals surface area contributed by atoms with Gasteiger partial charge in [0.1, 0.15) is 0 Å². The number of thiol groups is 1. The third-order valence-electron chi connectivity index (χ3n) is 2.73. The van der Waals surface area contributed by atoms with Crippen molar-refractivity contribution in [2.75, 3.05) is 0 Å². The molecule has 1 amide bonds. The van der Waals surface area contributed by atoms with Crippen LogP contribution < -0.4 is 5.32 Å². The van der Waals surface area contributed by atoms with Gasteiger partial charge in [-0.05, 0) is 46.6 Å². The molecule has 0 aromatic heterocycles. The Balaban J connectivity index is 2.07. The maximum absolute atomic E-state index is 12.1. The summed E-state index contributed by atoms with van der Waals surface area (Å²) in [7, 11) is 0. The predicted molar refractivity (Wildman–Crippen MR) is 83.7 cm³/mol. The zero-order chi connectivity index (χ0) is 13.8. The lowest BCUT2D eigenvalue weighted by atomic mass is 10.1. The number of amides is 1. The van der Waals surface area contributed by atoms with Gasteiger partial charge in [0.2, 0.25) is 0 Å². The van der Waals surface area contributed by atoms with Gasteiger partial charge in [0, 0.05) is 15.9 Å². The van der Waals surface area contributed by atoms with Crippen LogP contribution in [0.2, 0.25) is 0 Å². The first-order valence-corrected chi connectivity index (χ1v) is 7.12. The molecule has 2 nitrogen and oxygen atoms in total. The molecular formula is C15H14BrNOS. The number of hydrogen-bond acceptors (Lipinski definition) is 2. The van der Waals surface area contributed by atoms with Crippen LogP contribution in [0.15, 0.2) is 51.8 Å². The minimum absolute atomic E-state index is 0.107. The Morgan fingerprint density at radius 1 is 1.26 bits per heavy atom. The summed E-state index contributed by atoms with van der Waals surface area (Å²) in [6, 6.07) is 13.5. The molecule has 0 aliphatic carbocycles. The minimum Gasteiger partial charge on any atom is -0.348 e. The van der Waals surface area contributed by atoms with E-state index in [1.807, 2.05) is 37.3 Å². The fraction of sp³-hybridized carbons (Fsp3) is 0.133. The van der Waals surface area contributed by atoms with E-state index in [0.717, 1.165) is 14.9 Å². The van der Waals surface area contributed by atoms with Gasteiger partial charge in [-0.25, -0.2) is 0 Å². The molecule has 2 aromatic rings. The predicted octanol–water partition coefficient (Wildman–Crippen LogP) is 3.98. The van der Waals surface area contributed by atoms with E-state index in [9.17, 15) is 4.79 Å². The van der Waals surface area contributed by atoms with E-state index in [2.05, 4.69) is 39.9 Å². The van der Waals surface area contributed by atoms with Crippen molar-refractivity contribution in [1.29, 1.82) is 0 Å². The molecule has 0 spiro atoms. The summed E-state index contributed by atoms with van der Waals surface area (Å²) >= 11 is 7.62. The van der Waals surface area contributed by atoms with Gasteiger partial charge in [-0.15, -0.1) is 12.6 Å². The smallest absolute Gasteiger partial charge is 0.252 e. The number of carbonyl (C=O) groups excluding carboxylic acids is 1. The molecule has 0 unspecified atom stereocenters. The number of aryl methyl sites for hydroxylation is 1. The quantitative estimate of drug-likeness (QED) is 0.816. The fourth-order valence-corrected chi connectivity index (χ4v) is 2.42. The Labute approximate surface area is 126 Å². The molecule has 0 aliphatic heterocycles. The molecule has 0 atom stereocenters. The van der Waals surface area contributed by atoms with Gasteiger partial charge < -0.3 is 5.32 Å². The van der Waals surface area contributed by atoms with Crippen molar-refractivity contribution in [3.63, 3.8) is 0 Å². The van der Waals surface area contributed by atoms with Crippen LogP contribution in [0.3, 0.4) is 0 Å². The van der Waals surface area contributed by atoms with E-state index in [1.54, 1.807) is 6.07 Å². The summed E-state index contributed by atoms with van der Waals surface area (Å²) in [6.45, 7) is 2.55. The minimum atomic E-state index is -0.107. The third kappa shape index (κ3) is 3.85. The molecule has 0 saturated heterocycles. The van der Waals surface area contributed by atoms with Gasteiger partial charge in [0.25, 0.3) is 5.91 Å². The SMILES string of the molecule is Cc1cccc(CNC(=O)c2cc(S)ccc2Br)c1. The summed E-state index contributed by atoms with van der Waals surface area (Å²) in [6.07, 6.45) is 0. The standard InChI is InChI=1S/C15H14BrNOS/c1-10-3-2-4-11(7-10)9-17-15(18)13-8-12(19)5-6-14(13)16/h2-8,19H,9H2,1H3,(H,17,18). The topological polar surface area (TPSA) is 29.1 Å². The molecule has 0 fully saturated rings. The molecule has 0 radical (unpaired) electrons. The van der Waals surface area contributed by atoms with Crippen molar-refractivity contribution >= 4 is 34.5 Å². The average Bonchev–Trinajstić information content (AvgIpc) is 2.39. The van der Waals surface area contributed by atoms with Crippen LogP contribution in [0.25, 0.3) is 0 Å². The van der Waals surface area contributed by atoms with Crippen LogP contribution in [0.5, 0.6) is 0 Å². The lowest BCUT2D eigenvalue weighted by Gasteiger charge is -2.08. The van der Waals surface area contributed by atoms with E-state index in [4.69, 9.17) is 0 Å². The highest BCUT2D eigenvalue weighted by Gasteiger charge is 2.09. The molecule has 19 heavy (non-hydrogen) atoms. The lowest BCUT2D eigenvalue weighted by Crippen LogP contribution is -2.23. The Hall–Kier alpha value is -1.26. The molecule has 2 rings (SSSR count). The first-order chi connectivity index (χ1) is 9.06. The maximum Gasteiger partial charge on any atom is 0.252 e. The second-order valence-corrected chi connectivity index (χ2v) is 5.71. The van der Waals surface area contributed by atoms with Crippen LogP contribution in [0, 0.1) is 6.92 Å². The fourth-order valence-electron chi connectivity index (χ4n) is 1.79. The van der Waals surface area contributed by atoms with Crippen LogP contribution in [0.1, 0.15) is 21.5 Å². The molecule has 4 heteroatoms. The number of nitrogens with one attached hydrogen (secondary N) is 1. The second-order valence-electron chi connectivity index (χ2n) is 4.34. The van der Waals surface area contributed by atoms with Crippen molar-refractivity contribution < 1.29 is 4.79 Å². The van der Waals surface area contributed by atoms with Gasteiger partial charge in [-0.2, -0.15) is 0 Å². The van der Waals surface area contributed by atoms with Crippen LogP contribution in [0.4, 0.5) is 0 Å². The average molecular weight is 336 g/mol. The Bertz CT molecular complexity index is 613. The van der Waals surface area contributed by atoms with E-state index < -0.39 is 0 Å². The molecule has 0 saturated carbocycles. The summed E-state index contributed by atoms with van der Waals surface area (Å²) in [5.41, 5.74) is 2.87. The zero-order valence-electron chi connectivity index (χ0n) is 10.5. The summed E-state index contributed by atoms with van der Waals surface area (Å²) in [5.74, 6) is -0.107. The van der Waals surface area contributed by atoms with Gasteiger partial charge in [-0.3, -0.25) is 4.79 Å². The van der Waals surface area contributed by atoms with Gasteiger partial charge in [-0.1, -0.05) is 29.8 Å². The van der Waals surface area contributed by atoms with Gasteiger partial charge >= 0.3 is 0 Å². The molecular weight excluding hydrogens is 322 g/mol. The zero-order valence-corrected chi connectivity index (χ0v) is 13.0. The first kappa shape index (κ1) is 14.2. The number of halogens is 1. The molecule has 0 bridgehead atoms. The molecule has 2 aromatic carbocycles. The molecule has 1 N–H and O–H groups in total. The summed E-state index contributed by atoms with van der Waals surface area (Å²) < 4.78 is 0.770. The number of rotatable bonds is 3. The van der Waals surface area contributed by atoms with Crippen LogP contribution in [-0.2, 0) is 6.54 Å². The molecule has 0 heterocycles. The van der Waals surface area contributed by atoms with Crippen molar-refractivity contribution in [2.24, 2.45) is 0 Å². The highest BCUT2D eigenvalue weighted by molar-refractivity contribution is 9.10. The number of hydrogen-bond donors (Lipinski definition) is 2. The van der Waals surface area contributed by atoms with Gasteiger partial charge in [0.15, 0.2) is 0 Å². The first-order valence-electron chi connectivity index (χ1n) is 5.88. The third-order valence-corrected chi connectivity index (χ3v) is 3.70. The van der Waals surface area contributed by atoms with Crippen molar-refractivity contribution in [1.82, 2.24) is 5.32 Å².